The van der Waals surface area contributed by atoms with Crippen LogP contribution in [0.4, 0.5) is 0 Å². The zero-order chi connectivity index (χ0) is 25.3. The summed E-state index contributed by atoms with van der Waals surface area (Å²) in [6.45, 7) is 2.85. The molecule has 2 saturated heterocycles. The summed E-state index contributed by atoms with van der Waals surface area (Å²) < 4.78 is 10.6. The number of amides is 2. The van der Waals surface area contributed by atoms with E-state index in [9.17, 15) is 14.7 Å². The normalized spacial score (nSPS) is 23.1. The molecule has 5 rings (SSSR count). The lowest BCUT2D eigenvalue weighted by molar-refractivity contribution is -0.123. The molecule has 0 aromatic heterocycles. The number of hydrogen-bond acceptors (Lipinski definition) is 7. The first-order valence-corrected chi connectivity index (χ1v) is 11.7. The van der Waals surface area contributed by atoms with Crippen LogP contribution in [0, 0.1) is 17.3 Å². The highest BCUT2D eigenvalue weighted by atomic mass is 16.5. The molecule has 3 aliphatic heterocycles. The molecule has 1 unspecified atom stereocenters. The van der Waals surface area contributed by atoms with Crippen molar-refractivity contribution < 1.29 is 24.2 Å². The SMILES string of the molecule is COc1ccc2c(c1)C(=O)N(C[C@@]1(C#Cc3ccc(C(=N)N4CCOCC4)cc3)NC(O)NC1=O)C2. The van der Waals surface area contributed by atoms with Crippen LogP contribution in [0.3, 0.4) is 0 Å². The van der Waals surface area contributed by atoms with Gasteiger partial charge in [-0.05, 0) is 29.8 Å². The van der Waals surface area contributed by atoms with E-state index in [-0.39, 0.29) is 12.5 Å². The second-order valence-corrected chi connectivity index (χ2v) is 8.89. The summed E-state index contributed by atoms with van der Waals surface area (Å²) in [5, 5.41) is 23.7. The highest BCUT2D eigenvalue weighted by Gasteiger charge is 2.48. The lowest BCUT2D eigenvalue weighted by atomic mass is 9.99. The molecule has 186 valence electrons. The van der Waals surface area contributed by atoms with Crippen molar-refractivity contribution in [3.05, 3.63) is 64.7 Å². The summed E-state index contributed by atoms with van der Waals surface area (Å²) in [7, 11) is 1.54. The van der Waals surface area contributed by atoms with Gasteiger partial charge in [0, 0.05) is 36.3 Å². The van der Waals surface area contributed by atoms with Gasteiger partial charge in [-0.1, -0.05) is 30.0 Å². The van der Waals surface area contributed by atoms with Gasteiger partial charge in [-0.2, -0.15) is 0 Å². The van der Waals surface area contributed by atoms with Crippen molar-refractivity contribution >= 4 is 17.6 Å². The van der Waals surface area contributed by atoms with Gasteiger partial charge in [0.2, 0.25) is 0 Å². The number of methoxy groups -OCH3 is 1. The summed E-state index contributed by atoms with van der Waals surface area (Å²) >= 11 is 0. The first-order valence-electron chi connectivity index (χ1n) is 11.7. The molecule has 10 heteroatoms. The van der Waals surface area contributed by atoms with Crippen LogP contribution < -0.4 is 15.4 Å². The highest BCUT2D eigenvalue weighted by Crippen LogP contribution is 2.28. The number of morpholine rings is 1. The van der Waals surface area contributed by atoms with E-state index in [4.69, 9.17) is 14.9 Å². The average molecular weight is 490 g/mol. The Morgan fingerprint density at radius 1 is 1.22 bits per heavy atom. The van der Waals surface area contributed by atoms with Gasteiger partial charge in [0.05, 0.1) is 26.9 Å². The van der Waals surface area contributed by atoms with Crippen LogP contribution in [0.15, 0.2) is 42.5 Å². The Bertz CT molecular complexity index is 1260. The molecule has 2 aromatic carbocycles. The molecule has 0 bridgehead atoms. The van der Waals surface area contributed by atoms with E-state index >= 15 is 0 Å². The van der Waals surface area contributed by atoms with Crippen LogP contribution in [0.5, 0.6) is 5.75 Å². The van der Waals surface area contributed by atoms with E-state index < -0.39 is 17.8 Å². The lowest BCUT2D eigenvalue weighted by Crippen LogP contribution is -2.54. The Balaban J connectivity index is 1.36. The van der Waals surface area contributed by atoms with Crippen molar-refractivity contribution in [2.75, 3.05) is 40.0 Å². The Morgan fingerprint density at radius 2 is 1.97 bits per heavy atom. The van der Waals surface area contributed by atoms with Crippen molar-refractivity contribution in [3.8, 4) is 17.6 Å². The third-order valence-corrected chi connectivity index (χ3v) is 6.57. The number of benzene rings is 2. The van der Waals surface area contributed by atoms with Crippen molar-refractivity contribution in [3.63, 3.8) is 0 Å². The second-order valence-electron chi connectivity index (χ2n) is 8.89. The van der Waals surface area contributed by atoms with Crippen molar-refractivity contribution in [1.82, 2.24) is 20.4 Å². The molecule has 2 amide bonds. The molecule has 2 fully saturated rings. The molecular weight excluding hydrogens is 462 g/mol. The van der Waals surface area contributed by atoms with Gasteiger partial charge in [0.1, 0.15) is 11.6 Å². The summed E-state index contributed by atoms with van der Waals surface area (Å²) in [6, 6.07) is 12.5. The molecule has 0 spiro atoms. The van der Waals surface area contributed by atoms with Crippen LogP contribution in [0.25, 0.3) is 0 Å². The third kappa shape index (κ3) is 4.52. The van der Waals surface area contributed by atoms with Gasteiger partial charge in [0.15, 0.2) is 11.9 Å². The largest absolute Gasteiger partial charge is 0.497 e. The van der Waals surface area contributed by atoms with Crippen LogP contribution >= 0.6 is 0 Å². The Labute approximate surface area is 208 Å². The molecule has 2 atom stereocenters. The molecule has 10 nitrogen and oxygen atoms in total. The van der Waals surface area contributed by atoms with Crippen molar-refractivity contribution in [2.24, 2.45) is 0 Å². The Kier molecular flexibility index (Phi) is 6.36. The maximum absolute atomic E-state index is 13.1. The van der Waals surface area contributed by atoms with Crippen molar-refractivity contribution in [1.29, 1.82) is 5.41 Å². The minimum atomic E-state index is -1.49. The monoisotopic (exact) mass is 489 g/mol. The maximum Gasteiger partial charge on any atom is 0.257 e. The number of amidine groups is 1. The standard InChI is InChI=1S/C26H27N5O5/c1-35-20-7-6-19-15-31(23(32)21(19)14-20)16-26(24(33)28-25(34)29-26)9-8-17-2-4-18(5-3-17)22(27)30-10-12-36-13-11-30/h2-7,14,25,27,29,34H,10-13,15-16H2,1H3,(H,28,33)/t25?,26-/m1/s1. The molecule has 0 radical (unpaired) electrons. The number of fused-ring (bicyclic) bond motifs is 1. The zero-order valence-electron chi connectivity index (χ0n) is 19.8. The number of ether oxygens (including phenoxy) is 2. The molecular formula is C26H27N5O5. The minimum absolute atomic E-state index is 0.0432. The fraction of sp³-hybridized carbons (Fsp3) is 0.346. The lowest BCUT2D eigenvalue weighted by Gasteiger charge is -2.29. The zero-order valence-corrected chi connectivity index (χ0v) is 19.8. The topological polar surface area (TPSA) is 127 Å². The fourth-order valence-corrected chi connectivity index (χ4v) is 4.57. The average Bonchev–Trinajstić information content (AvgIpc) is 3.36. The maximum atomic E-state index is 13.1. The van der Waals surface area contributed by atoms with E-state index in [1.807, 2.05) is 23.1 Å². The predicted molar refractivity (Wildman–Crippen MR) is 130 cm³/mol. The molecule has 0 saturated carbocycles. The van der Waals surface area contributed by atoms with Gasteiger partial charge in [-0.25, -0.2) is 5.32 Å². The molecule has 0 aliphatic carbocycles. The molecule has 3 heterocycles. The van der Waals surface area contributed by atoms with E-state index in [0.29, 0.717) is 55.6 Å². The van der Waals surface area contributed by atoms with E-state index in [1.165, 1.54) is 12.0 Å². The van der Waals surface area contributed by atoms with E-state index in [2.05, 4.69) is 22.5 Å². The number of nitrogens with one attached hydrogen (secondary N) is 3. The number of nitrogens with zero attached hydrogens (tertiary/aromatic N) is 2. The number of rotatable bonds is 4. The summed E-state index contributed by atoms with van der Waals surface area (Å²) in [5.41, 5.74) is 1.28. The number of aliphatic hydroxyl groups is 1. The van der Waals surface area contributed by atoms with Crippen LogP contribution in [-0.2, 0) is 16.1 Å². The summed E-state index contributed by atoms with van der Waals surface area (Å²) in [6.07, 6.45) is -1.27. The number of carbonyl (C=O) groups excluding carboxylic acids is 2. The fourth-order valence-electron chi connectivity index (χ4n) is 4.57. The first-order chi connectivity index (χ1) is 17.4. The minimum Gasteiger partial charge on any atom is -0.497 e. The van der Waals surface area contributed by atoms with Gasteiger partial charge in [0.25, 0.3) is 11.8 Å². The predicted octanol–water partition coefficient (Wildman–Crippen LogP) is 0.0944. The van der Waals surface area contributed by atoms with Crippen molar-refractivity contribution in [2.45, 2.75) is 18.4 Å². The molecule has 36 heavy (non-hydrogen) atoms. The van der Waals surface area contributed by atoms with Crippen LogP contribution in [0.1, 0.15) is 27.0 Å². The molecule has 2 aromatic rings. The van der Waals surface area contributed by atoms with Crippen LogP contribution in [-0.4, -0.2) is 84.4 Å². The second kappa shape index (κ2) is 9.62. The van der Waals surface area contributed by atoms with E-state index in [0.717, 1.165) is 11.1 Å². The summed E-state index contributed by atoms with van der Waals surface area (Å²) in [5.74, 6) is 6.25. The number of hydrogen-bond donors (Lipinski definition) is 4. The quantitative estimate of drug-likeness (QED) is 0.272. The molecule has 4 N–H and O–H groups in total. The van der Waals surface area contributed by atoms with Crippen LogP contribution in [0.2, 0.25) is 0 Å². The van der Waals surface area contributed by atoms with Gasteiger partial charge >= 0.3 is 0 Å². The Morgan fingerprint density at radius 3 is 2.64 bits per heavy atom. The number of aliphatic hydroxyl groups excluding tert-OH is 1. The van der Waals surface area contributed by atoms with Gasteiger partial charge < -0.3 is 29.7 Å². The first kappa shape index (κ1) is 23.8. The Hall–Kier alpha value is -3.91. The smallest absolute Gasteiger partial charge is 0.257 e. The molecule has 3 aliphatic rings. The van der Waals surface area contributed by atoms with Gasteiger partial charge in [-0.15, -0.1) is 0 Å². The van der Waals surface area contributed by atoms with E-state index in [1.54, 1.807) is 24.3 Å². The van der Waals surface area contributed by atoms with Gasteiger partial charge in [-0.3, -0.25) is 15.0 Å². The summed E-state index contributed by atoms with van der Waals surface area (Å²) in [4.78, 5) is 29.4. The third-order valence-electron chi connectivity index (χ3n) is 6.57. The highest BCUT2D eigenvalue weighted by molar-refractivity contribution is 6.00. The number of carbonyl (C=O) groups is 2.